The van der Waals surface area contributed by atoms with Crippen molar-refractivity contribution in [3.05, 3.63) is 59.1 Å². The first-order chi connectivity index (χ1) is 11.0. The van der Waals surface area contributed by atoms with Crippen LogP contribution in [0.1, 0.15) is 24.4 Å². The molecule has 0 spiro atoms. The Hall–Kier alpha value is -1.56. The Balaban J connectivity index is 1.88. The number of hydrogen-bond donors (Lipinski definition) is 1. The van der Waals surface area contributed by atoms with E-state index in [1.165, 1.54) is 19.2 Å². The van der Waals surface area contributed by atoms with E-state index in [0.717, 1.165) is 18.4 Å². The van der Waals surface area contributed by atoms with Crippen molar-refractivity contribution in [1.82, 2.24) is 4.72 Å². The van der Waals surface area contributed by atoms with Gasteiger partial charge in [0.15, 0.2) is 0 Å². The van der Waals surface area contributed by atoms with Crippen LogP contribution < -0.4 is 9.46 Å². The number of sulfonamides is 1. The fourth-order valence-corrected chi connectivity index (χ4v) is 4.22. The molecule has 6 heteroatoms. The van der Waals surface area contributed by atoms with Crippen LogP contribution in [0.3, 0.4) is 0 Å². The maximum atomic E-state index is 12.7. The highest BCUT2D eigenvalue weighted by Gasteiger charge is 2.35. The number of hydrogen-bond acceptors (Lipinski definition) is 3. The Morgan fingerprint density at radius 3 is 2.43 bits per heavy atom. The van der Waals surface area contributed by atoms with Gasteiger partial charge >= 0.3 is 0 Å². The van der Waals surface area contributed by atoms with E-state index in [-0.39, 0.29) is 16.0 Å². The van der Waals surface area contributed by atoms with Gasteiger partial charge in [-0.2, -0.15) is 0 Å². The average molecular weight is 352 g/mol. The lowest BCUT2D eigenvalue weighted by Crippen LogP contribution is -2.30. The fourth-order valence-electron chi connectivity index (χ4n) is 2.58. The minimum Gasteiger partial charge on any atom is -0.495 e. The summed E-state index contributed by atoms with van der Waals surface area (Å²) in [5.74, 6) is 0.799. The van der Waals surface area contributed by atoms with Gasteiger partial charge < -0.3 is 4.74 Å². The molecule has 1 N–H and O–H groups in total. The molecule has 23 heavy (non-hydrogen) atoms. The van der Waals surface area contributed by atoms with Crippen molar-refractivity contribution in [2.24, 2.45) is 5.92 Å². The van der Waals surface area contributed by atoms with Gasteiger partial charge in [0.05, 0.1) is 17.0 Å². The van der Waals surface area contributed by atoms with E-state index in [2.05, 4.69) is 4.72 Å². The molecular weight excluding hydrogens is 334 g/mol. The number of ether oxygens (including phenoxy) is 1. The van der Waals surface area contributed by atoms with Crippen molar-refractivity contribution in [2.75, 3.05) is 7.11 Å². The zero-order chi connectivity index (χ0) is 16.4. The number of benzene rings is 2. The van der Waals surface area contributed by atoms with Gasteiger partial charge in [0.25, 0.3) is 0 Å². The van der Waals surface area contributed by atoms with E-state index in [1.807, 2.05) is 30.3 Å². The molecule has 0 saturated heterocycles. The molecule has 1 fully saturated rings. The molecule has 1 unspecified atom stereocenters. The van der Waals surface area contributed by atoms with Crippen LogP contribution in [0.15, 0.2) is 53.4 Å². The van der Waals surface area contributed by atoms with Crippen molar-refractivity contribution >= 4 is 21.6 Å². The van der Waals surface area contributed by atoms with Gasteiger partial charge in [-0.05, 0) is 42.5 Å². The van der Waals surface area contributed by atoms with Crippen molar-refractivity contribution in [1.29, 1.82) is 0 Å². The highest BCUT2D eigenvalue weighted by atomic mass is 35.5. The standard InChI is InChI=1S/C17H18ClNO3S/c1-22-16-10-9-14(11-15(16)18)23(20,21)19-17(13-7-8-13)12-5-3-2-4-6-12/h2-6,9-11,13,17,19H,7-8H2,1H3. The third-order valence-electron chi connectivity index (χ3n) is 3.97. The Morgan fingerprint density at radius 1 is 1.17 bits per heavy atom. The summed E-state index contributed by atoms with van der Waals surface area (Å²) in [6.07, 6.45) is 2.07. The van der Waals surface area contributed by atoms with E-state index in [0.29, 0.717) is 11.7 Å². The first-order valence-corrected chi connectivity index (χ1v) is 9.28. The molecule has 1 aliphatic carbocycles. The number of halogens is 1. The maximum Gasteiger partial charge on any atom is 0.241 e. The summed E-state index contributed by atoms with van der Waals surface area (Å²) in [6.45, 7) is 0. The van der Waals surface area contributed by atoms with E-state index in [4.69, 9.17) is 16.3 Å². The van der Waals surface area contributed by atoms with Crippen molar-refractivity contribution in [3.8, 4) is 5.75 Å². The van der Waals surface area contributed by atoms with E-state index >= 15 is 0 Å². The largest absolute Gasteiger partial charge is 0.495 e. The molecule has 0 heterocycles. The first-order valence-electron chi connectivity index (χ1n) is 7.42. The molecule has 1 atom stereocenters. The van der Waals surface area contributed by atoms with Crippen LogP contribution in [-0.4, -0.2) is 15.5 Å². The predicted molar refractivity (Wildman–Crippen MR) is 90.2 cm³/mol. The van der Waals surface area contributed by atoms with Crippen LogP contribution in [0.2, 0.25) is 5.02 Å². The topological polar surface area (TPSA) is 55.4 Å². The predicted octanol–water partition coefficient (Wildman–Crippen LogP) is 3.78. The van der Waals surface area contributed by atoms with Gasteiger partial charge in [0.2, 0.25) is 10.0 Å². The number of methoxy groups -OCH3 is 1. The molecule has 122 valence electrons. The quantitative estimate of drug-likeness (QED) is 0.861. The van der Waals surface area contributed by atoms with Crippen LogP contribution in [0.5, 0.6) is 5.75 Å². The third-order valence-corrected chi connectivity index (χ3v) is 5.70. The van der Waals surface area contributed by atoms with E-state index in [9.17, 15) is 8.42 Å². The van der Waals surface area contributed by atoms with Gasteiger partial charge in [-0.25, -0.2) is 13.1 Å². The fraction of sp³-hybridized carbons (Fsp3) is 0.294. The summed E-state index contributed by atoms with van der Waals surface area (Å²) < 4.78 is 33.3. The Bertz CT molecular complexity index is 789. The molecular formula is C17H18ClNO3S. The monoisotopic (exact) mass is 351 g/mol. The molecule has 0 aromatic heterocycles. The second kappa shape index (κ2) is 6.51. The van der Waals surface area contributed by atoms with Crippen LogP contribution in [-0.2, 0) is 10.0 Å². The van der Waals surface area contributed by atoms with E-state index in [1.54, 1.807) is 6.07 Å². The zero-order valence-electron chi connectivity index (χ0n) is 12.7. The Kier molecular flexibility index (Phi) is 4.62. The van der Waals surface area contributed by atoms with Gasteiger partial charge in [-0.1, -0.05) is 41.9 Å². The molecule has 3 rings (SSSR count). The van der Waals surface area contributed by atoms with Crippen LogP contribution >= 0.6 is 11.6 Å². The molecule has 2 aromatic rings. The van der Waals surface area contributed by atoms with Gasteiger partial charge in [-0.3, -0.25) is 0 Å². The second-order valence-electron chi connectivity index (χ2n) is 5.64. The van der Waals surface area contributed by atoms with Crippen LogP contribution in [0.4, 0.5) is 0 Å². The lowest BCUT2D eigenvalue weighted by Gasteiger charge is -2.19. The number of nitrogens with one attached hydrogen (secondary N) is 1. The van der Waals surface area contributed by atoms with Gasteiger partial charge in [0, 0.05) is 6.04 Å². The molecule has 0 aliphatic heterocycles. The third kappa shape index (κ3) is 3.68. The molecule has 0 radical (unpaired) electrons. The summed E-state index contributed by atoms with van der Waals surface area (Å²) in [4.78, 5) is 0.143. The zero-order valence-corrected chi connectivity index (χ0v) is 14.3. The normalized spacial score (nSPS) is 16.1. The van der Waals surface area contributed by atoms with Crippen molar-refractivity contribution in [3.63, 3.8) is 0 Å². The highest BCUT2D eigenvalue weighted by molar-refractivity contribution is 7.89. The Labute approximate surface area is 141 Å². The lowest BCUT2D eigenvalue weighted by molar-refractivity contribution is 0.414. The summed E-state index contributed by atoms with van der Waals surface area (Å²) >= 11 is 6.05. The second-order valence-corrected chi connectivity index (χ2v) is 7.76. The minimum atomic E-state index is -3.65. The number of rotatable bonds is 6. The van der Waals surface area contributed by atoms with Crippen LogP contribution in [0, 0.1) is 5.92 Å². The molecule has 1 aliphatic rings. The van der Waals surface area contributed by atoms with Gasteiger partial charge in [-0.15, -0.1) is 0 Å². The van der Waals surface area contributed by atoms with E-state index < -0.39 is 10.0 Å². The Morgan fingerprint density at radius 2 is 1.87 bits per heavy atom. The molecule has 0 bridgehead atoms. The first kappa shape index (κ1) is 16.3. The van der Waals surface area contributed by atoms with Gasteiger partial charge in [0.1, 0.15) is 5.75 Å². The smallest absolute Gasteiger partial charge is 0.241 e. The SMILES string of the molecule is COc1ccc(S(=O)(=O)NC(c2ccccc2)C2CC2)cc1Cl. The molecule has 1 saturated carbocycles. The maximum absolute atomic E-state index is 12.7. The molecule has 4 nitrogen and oxygen atoms in total. The summed E-state index contributed by atoms with van der Waals surface area (Å²) in [6, 6.07) is 13.9. The molecule has 2 aromatic carbocycles. The average Bonchev–Trinajstić information content (AvgIpc) is 3.38. The summed E-state index contributed by atoms with van der Waals surface area (Å²) in [5, 5.41) is 0.276. The minimum absolute atomic E-state index is 0.143. The lowest BCUT2D eigenvalue weighted by atomic mass is 10.0. The van der Waals surface area contributed by atoms with Crippen molar-refractivity contribution < 1.29 is 13.2 Å². The van der Waals surface area contributed by atoms with Crippen molar-refractivity contribution in [2.45, 2.75) is 23.8 Å². The molecule has 0 amide bonds. The summed E-state index contributed by atoms with van der Waals surface area (Å²) in [7, 11) is -2.16. The summed E-state index contributed by atoms with van der Waals surface area (Å²) in [5.41, 5.74) is 0.984. The van der Waals surface area contributed by atoms with Crippen LogP contribution in [0.25, 0.3) is 0 Å². The highest BCUT2D eigenvalue weighted by Crippen LogP contribution is 2.41.